The van der Waals surface area contributed by atoms with Crippen molar-refractivity contribution in [3.63, 3.8) is 0 Å². The first kappa shape index (κ1) is 20.4. The summed E-state index contributed by atoms with van der Waals surface area (Å²) in [6.45, 7) is 7.12. The topological polar surface area (TPSA) is 71.1 Å². The van der Waals surface area contributed by atoms with E-state index in [1.165, 1.54) is 0 Å². The molecule has 7 heteroatoms. The van der Waals surface area contributed by atoms with Crippen molar-refractivity contribution < 1.29 is 19.1 Å². The van der Waals surface area contributed by atoms with Gasteiger partial charge in [0, 0.05) is 31.7 Å². The van der Waals surface area contributed by atoms with Crippen molar-refractivity contribution in [1.29, 1.82) is 0 Å². The molecule has 1 saturated heterocycles. The van der Waals surface area contributed by atoms with Gasteiger partial charge in [-0.2, -0.15) is 0 Å². The molecule has 0 aliphatic carbocycles. The minimum atomic E-state index is -0.102. The van der Waals surface area contributed by atoms with Gasteiger partial charge in [-0.25, -0.2) is 0 Å². The minimum absolute atomic E-state index is 0.0260. The Balaban J connectivity index is 1.40. The van der Waals surface area contributed by atoms with Gasteiger partial charge in [0.05, 0.1) is 25.4 Å². The Hall–Kier alpha value is -2.90. The van der Waals surface area contributed by atoms with Crippen molar-refractivity contribution in [2.75, 3.05) is 50.9 Å². The lowest BCUT2D eigenvalue weighted by molar-refractivity contribution is -0.121. The van der Waals surface area contributed by atoms with E-state index >= 15 is 0 Å². The van der Waals surface area contributed by atoms with Crippen LogP contribution in [0, 0.1) is 6.92 Å². The molecule has 0 atom stereocenters. The zero-order chi connectivity index (χ0) is 20.9. The van der Waals surface area contributed by atoms with Crippen LogP contribution < -0.4 is 15.0 Å². The number of benzene rings is 2. The zero-order valence-corrected chi connectivity index (χ0v) is 17.2. The predicted octanol–water partition coefficient (Wildman–Crippen LogP) is 1.98. The fourth-order valence-electron chi connectivity index (χ4n) is 3.73. The van der Waals surface area contributed by atoms with Crippen LogP contribution in [0.4, 0.5) is 5.69 Å². The molecule has 1 N–H and O–H groups in total. The highest BCUT2D eigenvalue weighted by atomic mass is 16.5. The Morgan fingerprint density at radius 1 is 1.13 bits per heavy atom. The Bertz CT molecular complexity index is 924. The smallest absolute Gasteiger partial charge is 0.265 e. The molecular formula is C23H27N3O4. The number of amides is 2. The van der Waals surface area contributed by atoms with Crippen LogP contribution in [0.2, 0.25) is 0 Å². The van der Waals surface area contributed by atoms with Crippen molar-refractivity contribution in [3.8, 4) is 5.75 Å². The van der Waals surface area contributed by atoms with Crippen LogP contribution in [-0.4, -0.2) is 62.7 Å². The molecule has 30 heavy (non-hydrogen) atoms. The highest BCUT2D eigenvalue weighted by Gasteiger charge is 2.25. The summed E-state index contributed by atoms with van der Waals surface area (Å²) in [4.78, 5) is 29.0. The Kier molecular flexibility index (Phi) is 6.30. The summed E-state index contributed by atoms with van der Waals surface area (Å²) in [6.07, 6.45) is 0. The van der Waals surface area contributed by atoms with E-state index in [2.05, 4.69) is 10.2 Å². The maximum atomic E-state index is 12.6. The van der Waals surface area contributed by atoms with Gasteiger partial charge in [0.2, 0.25) is 0 Å². The fraction of sp³-hybridized carbons (Fsp3) is 0.391. The second-order valence-corrected chi connectivity index (χ2v) is 7.65. The van der Waals surface area contributed by atoms with Crippen LogP contribution in [0.15, 0.2) is 42.5 Å². The number of hydrogen-bond donors (Lipinski definition) is 1. The summed E-state index contributed by atoms with van der Waals surface area (Å²) in [5, 5.41) is 2.99. The van der Waals surface area contributed by atoms with Gasteiger partial charge in [0.25, 0.3) is 11.8 Å². The summed E-state index contributed by atoms with van der Waals surface area (Å²) < 4.78 is 10.9. The third-order valence-electron chi connectivity index (χ3n) is 5.41. The van der Waals surface area contributed by atoms with Crippen molar-refractivity contribution in [2.45, 2.75) is 13.5 Å². The summed E-state index contributed by atoms with van der Waals surface area (Å²) in [7, 11) is 0. The number of morpholine rings is 1. The average molecular weight is 409 g/mol. The number of carbonyl (C=O) groups is 2. The van der Waals surface area contributed by atoms with Gasteiger partial charge < -0.3 is 19.7 Å². The third-order valence-corrected chi connectivity index (χ3v) is 5.41. The highest BCUT2D eigenvalue weighted by Crippen LogP contribution is 2.33. The summed E-state index contributed by atoms with van der Waals surface area (Å²) >= 11 is 0. The number of hydrogen-bond acceptors (Lipinski definition) is 5. The zero-order valence-electron chi connectivity index (χ0n) is 17.2. The number of nitrogens with zero attached hydrogens (tertiary/aromatic N) is 2. The Morgan fingerprint density at radius 2 is 1.97 bits per heavy atom. The third kappa shape index (κ3) is 4.80. The van der Waals surface area contributed by atoms with Crippen LogP contribution >= 0.6 is 0 Å². The number of aryl methyl sites for hydroxylation is 1. The summed E-state index contributed by atoms with van der Waals surface area (Å²) in [6, 6.07) is 13.2. The molecule has 2 heterocycles. The lowest BCUT2D eigenvalue weighted by Gasteiger charge is -2.29. The number of anilines is 1. The molecular weight excluding hydrogens is 382 g/mol. The molecule has 0 unspecified atom stereocenters. The maximum absolute atomic E-state index is 12.6. The molecule has 2 aliphatic heterocycles. The minimum Gasteiger partial charge on any atom is -0.482 e. The molecule has 2 aromatic rings. The highest BCUT2D eigenvalue weighted by molar-refractivity contribution is 5.98. The van der Waals surface area contributed by atoms with E-state index in [0.29, 0.717) is 24.4 Å². The van der Waals surface area contributed by atoms with E-state index in [1.807, 2.05) is 43.3 Å². The lowest BCUT2D eigenvalue weighted by atomic mass is 10.1. The number of rotatable bonds is 6. The molecule has 0 spiro atoms. The van der Waals surface area contributed by atoms with Crippen molar-refractivity contribution >= 4 is 17.5 Å². The standard InChI is InChI=1S/C23H27N3O4/c1-17-5-6-20-21(13-17)30-16-22(27)26(20)15-18-3-2-4-19(14-18)23(28)24-7-8-25-9-11-29-12-10-25/h2-6,13-14H,7-12,15-16H2,1H3,(H,24,28). The molecule has 7 nitrogen and oxygen atoms in total. The average Bonchev–Trinajstić information content (AvgIpc) is 2.76. The largest absolute Gasteiger partial charge is 0.482 e. The molecule has 2 aliphatic rings. The molecule has 0 radical (unpaired) electrons. The van der Waals surface area contributed by atoms with Crippen LogP contribution in [0.3, 0.4) is 0 Å². The second kappa shape index (κ2) is 9.28. The first-order chi connectivity index (χ1) is 14.6. The van der Waals surface area contributed by atoms with Gasteiger partial charge in [0.1, 0.15) is 5.75 Å². The van der Waals surface area contributed by atoms with Crippen molar-refractivity contribution in [2.24, 2.45) is 0 Å². The van der Waals surface area contributed by atoms with Gasteiger partial charge in [0.15, 0.2) is 6.61 Å². The van der Waals surface area contributed by atoms with E-state index in [4.69, 9.17) is 9.47 Å². The molecule has 0 aromatic heterocycles. The van der Waals surface area contributed by atoms with E-state index in [9.17, 15) is 9.59 Å². The van der Waals surface area contributed by atoms with Gasteiger partial charge >= 0.3 is 0 Å². The van der Waals surface area contributed by atoms with E-state index in [-0.39, 0.29) is 18.4 Å². The van der Waals surface area contributed by atoms with Gasteiger partial charge in [-0.05, 0) is 42.3 Å². The molecule has 0 bridgehead atoms. The van der Waals surface area contributed by atoms with Gasteiger partial charge in [-0.15, -0.1) is 0 Å². The molecule has 0 saturated carbocycles. The number of nitrogens with one attached hydrogen (secondary N) is 1. The SMILES string of the molecule is Cc1ccc2c(c1)OCC(=O)N2Cc1cccc(C(=O)NCCN2CCOCC2)c1. The van der Waals surface area contributed by atoms with E-state index < -0.39 is 0 Å². The van der Waals surface area contributed by atoms with E-state index in [1.54, 1.807) is 11.0 Å². The lowest BCUT2D eigenvalue weighted by Crippen LogP contribution is -2.41. The summed E-state index contributed by atoms with van der Waals surface area (Å²) in [5.74, 6) is 0.521. The number of ether oxygens (including phenoxy) is 2. The first-order valence-electron chi connectivity index (χ1n) is 10.3. The van der Waals surface area contributed by atoms with Crippen LogP contribution in [0.5, 0.6) is 5.75 Å². The number of fused-ring (bicyclic) bond motifs is 1. The van der Waals surface area contributed by atoms with Crippen molar-refractivity contribution in [3.05, 3.63) is 59.2 Å². The van der Waals surface area contributed by atoms with Gasteiger partial charge in [-0.1, -0.05) is 18.2 Å². The molecule has 4 rings (SSSR count). The summed E-state index contributed by atoms with van der Waals surface area (Å²) in [5.41, 5.74) is 3.34. The van der Waals surface area contributed by atoms with E-state index in [0.717, 1.165) is 49.7 Å². The van der Waals surface area contributed by atoms with Crippen LogP contribution in [-0.2, 0) is 16.1 Å². The molecule has 2 amide bonds. The Labute approximate surface area is 176 Å². The molecule has 158 valence electrons. The predicted molar refractivity (Wildman–Crippen MR) is 114 cm³/mol. The normalized spacial score (nSPS) is 16.7. The molecule has 2 aromatic carbocycles. The quantitative estimate of drug-likeness (QED) is 0.790. The van der Waals surface area contributed by atoms with Crippen LogP contribution in [0.25, 0.3) is 0 Å². The second-order valence-electron chi connectivity index (χ2n) is 7.65. The fourth-order valence-corrected chi connectivity index (χ4v) is 3.73. The first-order valence-corrected chi connectivity index (χ1v) is 10.3. The maximum Gasteiger partial charge on any atom is 0.265 e. The van der Waals surface area contributed by atoms with Gasteiger partial charge in [-0.3, -0.25) is 14.5 Å². The Morgan fingerprint density at radius 3 is 2.80 bits per heavy atom. The van der Waals surface area contributed by atoms with Crippen LogP contribution in [0.1, 0.15) is 21.5 Å². The number of carbonyl (C=O) groups excluding carboxylic acids is 2. The molecule has 1 fully saturated rings. The monoisotopic (exact) mass is 409 g/mol. The van der Waals surface area contributed by atoms with Crippen molar-refractivity contribution in [1.82, 2.24) is 10.2 Å².